The quantitative estimate of drug-likeness (QED) is 0.762. The summed E-state index contributed by atoms with van der Waals surface area (Å²) in [7, 11) is 0. The van der Waals surface area contributed by atoms with Crippen molar-refractivity contribution in [1.29, 1.82) is 0 Å². The maximum atomic E-state index is 12.0. The Morgan fingerprint density at radius 2 is 2.25 bits per heavy atom. The van der Waals surface area contributed by atoms with E-state index in [1.807, 2.05) is 11.6 Å². The highest BCUT2D eigenvalue weighted by atomic mass is 16.1. The first-order chi connectivity index (χ1) is 7.51. The molecule has 88 valence electrons. The maximum Gasteiger partial charge on any atom is 0.146 e. The van der Waals surface area contributed by atoms with Crippen LogP contribution in [0.5, 0.6) is 0 Å². The lowest BCUT2D eigenvalue weighted by Crippen LogP contribution is -2.19. The molecule has 0 bridgehead atoms. The summed E-state index contributed by atoms with van der Waals surface area (Å²) >= 11 is 0. The van der Waals surface area contributed by atoms with Gasteiger partial charge in [-0.1, -0.05) is 20.8 Å². The lowest BCUT2D eigenvalue weighted by molar-refractivity contribution is -0.123. The van der Waals surface area contributed by atoms with E-state index in [1.165, 1.54) is 0 Å². The Bertz CT molecular complexity index is 391. The molecule has 0 N–H and O–H groups in total. The van der Waals surface area contributed by atoms with E-state index in [-0.39, 0.29) is 5.41 Å². The highest BCUT2D eigenvalue weighted by Gasteiger charge is 2.44. The van der Waals surface area contributed by atoms with E-state index in [1.54, 1.807) is 6.33 Å². The van der Waals surface area contributed by atoms with Crippen LogP contribution in [0.3, 0.4) is 0 Å². The zero-order chi connectivity index (χ0) is 11.8. The highest BCUT2D eigenvalue weighted by molar-refractivity contribution is 5.88. The van der Waals surface area contributed by atoms with Crippen molar-refractivity contribution in [2.45, 2.75) is 46.6 Å². The monoisotopic (exact) mass is 221 g/mol. The molecule has 4 nitrogen and oxygen atoms in total. The van der Waals surface area contributed by atoms with Crippen molar-refractivity contribution in [1.82, 2.24) is 14.8 Å². The zero-order valence-electron chi connectivity index (χ0n) is 10.2. The van der Waals surface area contributed by atoms with Crippen molar-refractivity contribution in [2.75, 3.05) is 0 Å². The van der Waals surface area contributed by atoms with Gasteiger partial charge in [-0.05, 0) is 18.8 Å². The summed E-state index contributed by atoms with van der Waals surface area (Å²) in [5.74, 6) is 1.64. The molecule has 0 aliphatic heterocycles. The van der Waals surface area contributed by atoms with E-state index in [0.29, 0.717) is 18.1 Å². The van der Waals surface area contributed by atoms with Crippen LogP contribution in [-0.4, -0.2) is 20.5 Å². The predicted molar refractivity (Wildman–Crippen MR) is 60.9 cm³/mol. The van der Waals surface area contributed by atoms with Crippen molar-refractivity contribution in [2.24, 2.45) is 11.3 Å². The first-order valence-corrected chi connectivity index (χ1v) is 5.91. The molecule has 0 atom stereocenters. The summed E-state index contributed by atoms with van der Waals surface area (Å²) < 4.78 is 1.86. The number of rotatable bonds is 5. The SMILES string of the molecule is CC(C)Cn1ncnc1CC(=O)C1(C)CC1. The Morgan fingerprint density at radius 3 is 2.81 bits per heavy atom. The van der Waals surface area contributed by atoms with Crippen LogP contribution in [0.15, 0.2) is 6.33 Å². The predicted octanol–water partition coefficient (Wildman–Crippen LogP) is 1.85. The fourth-order valence-electron chi connectivity index (χ4n) is 1.75. The van der Waals surface area contributed by atoms with Crippen molar-refractivity contribution in [3.8, 4) is 0 Å². The molecule has 0 aromatic carbocycles. The normalized spacial score (nSPS) is 17.8. The van der Waals surface area contributed by atoms with E-state index in [4.69, 9.17) is 0 Å². The zero-order valence-corrected chi connectivity index (χ0v) is 10.2. The van der Waals surface area contributed by atoms with Crippen molar-refractivity contribution >= 4 is 5.78 Å². The second-order valence-corrected chi connectivity index (χ2v) is 5.41. The second kappa shape index (κ2) is 4.00. The van der Waals surface area contributed by atoms with E-state index < -0.39 is 0 Å². The van der Waals surface area contributed by atoms with Gasteiger partial charge in [0.25, 0.3) is 0 Å². The van der Waals surface area contributed by atoms with Crippen LogP contribution >= 0.6 is 0 Å². The van der Waals surface area contributed by atoms with Gasteiger partial charge >= 0.3 is 0 Å². The Labute approximate surface area is 96.1 Å². The molecule has 1 aromatic heterocycles. The third kappa shape index (κ3) is 2.31. The average molecular weight is 221 g/mol. The number of carbonyl (C=O) groups is 1. The third-order valence-corrected chi connectivity index (χ3v) is 3.23. The van der Waals surface area contributed by atoms with E-state index in [9.17, 15) is 4.79 Å². The smallest absolute Gasteiger partial charge is 0.146 e. The van der Waals surface area contributed by atoms with E-state index in [0.717, 1.165) is 25.2 Å². The minimum atomic E-state index is -0.0609. The molecule has 0 amide bonds. The first-order valence-electron chi connectivity index (χ1n) is 5.91. The lowest BCUT2D eigenvalue weighted by Gasteiger charge is -2.10. The molecular formula is C12H19N3O. The van der Waals surface area contributed by atoms with Gasteiger partial charge in [0, 0.05) is 12.0 Å². The van der Waals surface area contributed by atoms with Gasteiger partial charge < -0.3 is 0 Å². The topological polar surface area (TPSA) is 47.8 Å². The van der Waals surface area contributed by atoms with Crippen molar-refractivity contribution in [3.05, 3.63) is 12.2 Å². The molecule has 16 heavy (non-hydrogen) atoms. The van der Waals surface area contributed by atoms with Crippen LogP contribution in [-0.2, 0) is 17.8 Å². The van der Waals surface area contributed by atoms with Crippen molar-refractivity contribution < 1.29 is 4.79 Å². The van der Waals surface area contributed by atoms with E-state index >= 15 is 0 Å². The molecule has 0 radical (unpaired) electrons. The fraction of sp³-hybridized carbons (Fsp3) is 0.750. The fourth-order valence-corrected chi connectivity index (χ4v) is 1.75. The van der Waals surface area contributed by atoms with Gasteiger partial charge in [0.1, 0.15) is 17.9 Å². The Kier molecular flexibility index (Phi) is 2.82. The largest absolute Gasteiger partial charge is 0.299 e. The lowest BCUT2D eigenvalue weighted by atomic mass is 10.0. The van der Waals surface area contributed by atoms with E-state index in [2.05, 4.69) is 23.9 Å². The Hall–Kier alpha value is -1.19. The summed E-state index contributed by atoms with van der Waals surface area (Å²) in [5.41, 5.74) is -0.0609. The van der Waals surface area contributed by atoms with Gasteiger partial charge in [-0.25, -0.2) is 9.67 Å². The molecule has 1 saturated carbocycles. The number of aromatic nitrogens is 3. The molecule has 2 rings (SSSR count). The summed E-state index contributed by atoms with van der Waals surface area (Å²) in [5, 5.41) is 4.17. The highest BCUT2D eigenvalue weighted by Crippen LogP contribution is 2.46. The number of nitrogens with zero attached hydrogens (tertiary/aromatic N) is 3. The summed E-state index contributed by atoms with van der Waals surface area (Å²) in [6, 6.07) is 0. The van der Waals surface area contributed by atoms with Gasteiger partial charge in [0.05, 0.1) is 6.42 Å². The third-order valence-electron chi connectivity index (χ3n) is 3.23. The van der Waals surface area contributed by atoms with Crippen LogP contribution in [0.2, 0.25) is 0 Å². The standard InChI is InChI=1S/C12H19N3O/c1-9(2)7-15-11(13-8-14-15)6-10(16)12(3)4-5-12/h8-9H,4-7H2,1-3H3. The van der Waals surface area contributed by atoms with Crippen LogP contribution < -0.4 is 0 Å². The van der Waals surface area contributed by atoms with Gasteiger partial charge in [0.15, 0.2) is 0 Å². The molecule has 1 aliphatic carbocycles. The minimum Gasteiger partial charge on any atom is -0.299 e. The number of hydrogen-bond donors (Lipinski definition) is 0. The summed E-state index contributed by atoms with van der Waals surface area (Å²) in [4.78, 5) is 16.1. The van der Waals surface area contributed by atoms with Gasteiger partial charge in [-0.3, -0.25) is 4.79 Å². The summed E-state index contributed by atoms with van der Waals surface area (Å²) in [6.45, 7) is 7.14. The molecule has 1 heterocycles. The molecule has 0 saturated heterocycles. The summed E-state index contributed by atoms with van der Waals surface area (Å²) in [6.07, 6.45) is 4.04. The number of ketones is 1. The van der Waals surface area contributed by atoms with Crippen molar-refractivity contribution in [3.63, 3.8) is 0 Å². The Morgan fingerprint density at radius 1 is 1.56 bits per heavy atom. The molecular weight excluding hydrogens is 202 g/mol. The minimum absolute atomic E-state index is 0.0609. The van der Waals surface area contributed by atoms with Crippen LogP contribution in [0.25, 0.3) is 0 Å². The number of carbonyl (C=O) groups excluding carboxylic acids is 1. The van der Waals surface area contributed by atoms with Gasteiger partial charge in [-0.2, -0.15) is 5.10 Å². The number of Topliss-reactive ketones (excluding diaryl/α,β-unsaturated/α-hetero) is 1. The van der Waals surface area contributed by atoms with Gasteiger partial charge in [-0.15, -0.1) is 0 Å². The van der Waals surface area contributed by atoms with Crippen LogP contribution in [0.4, 0.5) is 0 Å². The maximum absolute atomic E-state index is 12.0. The molecule has 0 spiro atoms. The first kappa shape index (κ1) is 11.3. The molecule has 1 aromatic rings. The van der Waals surface area contributed by atoms with Crippen LogP contribution in [0, 0.1) is 11.3 Å². The molecule has 1 aliphatic rings. The molecule has 4 heteroatoms. The Balaban J connectivity index is 2.04. The van der Waals surface area contributed by atoms with Crippen LogP contribution in [0.1, 0.15) is 39.4 Å². The number of hydrogen-bond acceptors (Lipinski definition) is 3. The second-order valence-electron chi connectivity index (χ2n) is 5.41. The van der Waals surface area contributed by atoms with Gasteiger partial charge in [0.2, 0.25) is 0 Å². The average Bonchev–Trinajstić information content (AvgIpc) is 2.81. The molecule has 0 unspecified atom stereocenters. The molecule has 1 fully saturated rings.